The average molecular weight is 386 g/mol. The van der Waals surface area contributed by atoms with Crippen molar-refractivity contribution < 1.29 is 13.9 Å². The molecule has 0 saturated carbocycles. The van der Waals surface area contributed by atoms with Crippen LogP contribution in [0.2, 0.25) is 0 Å². The number of benzene rings is 3. The van der Waals surface area contributed by atoms with E-state index < -0.39 is 0 Å². The second kappa shape index (κ2) is 7.80. The topological polar surface area (TPSA) is 64.4 Å². The maximum atomic E-state index is 12.5. The van der Waals surface area contributed by atoms with Crippen molar-refractivity contribution in [3.05, 3.63) is 77.9 Å². The minimum atomic E-state index is -0.224. The molecule has 4 aromatic rings. The summed E-state index contributed by atoms with van der Waals surface area (Å²) in [6, 6.07) is 20.6. The molecule has 1 amide bonds. The zero-order valence-electron chi connectivity index (χ0n) is 16.6. The number of rotatable bonds is 5. The van der Waals surface area contributed by atoms with Crippen molar-refractivity contribution in [1.29, 1.82) is 0 Å². The molecule has 0 unspecified atom stereocenters. The molecule has 1 aromatic heterocycles. The molecule has 0 spiro atoms. The standard InChI is InChI=1S/C24H22N2O3/c1-15(2)17-10-13-22-20(14-17)26-24(29-22)16-8-11-18(12-9-16)25-23(27)19-6-4-5-7-21(19)28-3/h4-15H,1-3H3,(H,25,27). The van der Waals surface area contributed by atoms with Gasteiger partial charge in [-0.15, -0.1) is 0 Å². The van der Waals surface area contributed by atoms with Gasteiger partial charge in [0.25, 0.3) is 5.91 Å². The fourth-order valence-electron chi connectivity index (χ4n) is 3.15. The third-order valence-corrected chi connectivity index (χ3v) is 4.82. The van der Waals surface area contributed by atoms with E-state index in [0.717, 1.165) is 16.7 Å². The third kappa shape index (κ3) is 3.85. The van der Waals surface area contributed by atoms with Crippen LogP contribution in [0.4, 0.5) is 5.69 Å². The van der Waals surface area contributed by atoms with Gasteiger partial charge in [0, 0.05) is 11.3 Å². The number of para-hydroxylation sites is 1. The highest BCUT2D eigenvalue weighted by Gasteiger charge is 2.13. The van der Waals surface area contributed by atoms with Crippen molar-refractivity contribution in [3.8, 4) is 17.2 Å². The second-order valence-corrected chi connectivity index (χ2v) is 7.13. The van der Waals surface area contributed by atoms with Gasteiger partial charge < -0.3 is 14.5 Å². The van der Waals surface area contributed by atoms with Crippen molar-refractivity contribution in [2.24, 2.45) is 0 Å². The largest absolute Gasteiger partial charge is 0.496 e. The lowest BCUT2D eigenvalue weighted by Gasteiger charge is -2.09. The molecule has 1 N–H and O–H groups in total. The number of hydrogen-bond donors (Lipinski definition) is 1. The quantitative estimate of drug-likeness (QED) is 0.465. The van der Waals surface area contributed by atoms with Gasteiger partial charge in [-0.2, -0.15) is 0 Å². The molecule has 0 bridgehead atoms. The Hall–Kier alpha value is -3.60. The van der Waals surface area contributed by atoms with E-state index in [1.54, 1.807) is 25.3 Å². The molecule has 1 heterocycles. The zero-order valence-corrected chi connectivity index (χ0v) is 16.6. The predicted octanol–water partition coefficient (Wildman–Crippen LogP) is 5.88. The number of nitrogens with one attached hydrogen (secondary N) is 1. The SMILES string of the molecule is COc1ccccc1C(=O)Nc1ccc(-c2nc3cc(C(C)C)ccc3o2)cc1. The monoisotopic (exact) mass is 386 g/mol. The number of carbonyl (C=O) groups is 1. The van der Waals surface area contributed by atoms with E-state index in [1.165, 1.54) is 5.56 Å². The van der Waals surface area contributed by atoms with Gasteiger partial charge in [-0.25, -0.2) is 4.98 Å². The van der Waals surface area contributed by atoms with Gasteiger partial charge in [0.15, 0.2) is 5.58 Å². The molecule has 146 valence electrons. The first-order valence-electron chi connectivity index (χ1n) is 9.50. The molecular formula is C24H22N2O3. The molecule has 0 aliphatic rings. The molecule has 3 aromatic carbocycles. The van der Waals surface area contributed by atoms with E-state index in [4.69, 9.17) is 9.15 Å². The third-order valence-electron chi connectivity index (χ3n) is 4.82. The molecule has 0 aliphatic carbocycles. The summed E-state index contributed by atoms with van der Waals surface area (Å²) in [6.45, 7) is 4.31. The first kappa shape index (κ1) is 18.7. The normalized spacial score (nSPS) is 11.0. The molecule has 0 radical (unpaired) electrons. The molecule has 0 aliphatic heterocycles. The van der Waals surface area contributed by atoms with Gasteiger partial charge in [0.1, 0.15) is 11.3 Å². The van der Waals surface area contributed by atoms with Crippen molar-refractivity contribution in [2.75, 3.05) is 12.4 Å². The maximum absolute atomic E-state index is 12.5. The Labute approximate surface area is 169 Å². The molecule has 0 fully saturated rings. The van der Waals surface area contributed by atoms with Crippen LogP contribution >= 0.6 is 0 Å². The molecular weight excluding hydrogens is 364 g/mol. The number of oxazole rings is 1. The lowest BCUT2D eigenvalue weighted by atomic mass is 10.0. The van der Waals surface area contributed by atoms with Crippen LogP contribution in [0.25, 0.3) is 22.6 Å². The van der Waals surface area contributed by atoms with Crippen LogP contribution in [0.5, 0.6) is 5.75 Å². The van der Waals surface area contributed by atoms with E-state index in [0.29, 0.717) is 28.8 Å². The van der Waals surface area contributed by atoms with Crippen molar-refractivity contribution in [2.45, 2.75) is 19.8 Å². The molecule has 0 atom stereocenters. The van der Waals surface area contributed by atoms with Gasteiger partial charge in [-0.05, 0) is 60.0 Å². The minimum Gasteiger partial charge on any atom is -0.496 e. The van der Waals surface area contributed by atoms with E-state index in [-0.39, 0.29) is 5.91 Å². The Morgan fingerprint density at radius 2 is 1.79 bits per heavy atom. The first-order valence-corrected chi connectivity index (χ1v) is 9.50. The smallest absolute Gasteiger partial charge is 0.259 e. The van der Waals surface area contributed by atoms with Crippen molar-refractivity contribution in [3.63, 3.8) is 0 Å². The highest BCUT2D eigenvalue weighted by molar-refractivity contribution is 6.06. The second-order valence-electron chi connectivity index (χ2n) is 7.13. The molecule has 4 rings (SSSR count). The van der Waals surface area contributed by atoms with Gasteiger partial charge in [-0.1, -0.05) is 32.0 Å². The summed E-state index contributed by atoms with van der Waals surface area (Å²) >= 11 is 0. The maximum Gasteiger partial charge on any atom is 0.259 e. The van der Waals surface area contributed by atoms with E-state index in [1.807, 2.05) is 36.4 Å². The number of anilines is 1. The molecule has 5 heteroatoms. The average Bonchev–Trinajstić information content (AvgIpc) is 3.17. The summed E-state index contributed by atoms with van der Waals surface area (Å²) < 4.78 is 11.1. The number of ether oxygens (including phenoxy) is 1. The van der Waals surface area contributed by atoms with Gasteiger partial charge >= 0.3 is 0 Å². The lowest BCUT2D eigenvalue weighted by Crippen LogP contribution is -2.12. The highest BCUT2D eigenvalue weighted by atomic mass is 16.5. The summed E-state index contributed by atoms with van der Waals surface area (Å²) in [6.07, 6.45) is 0. The summed E-state index contributed by atoms with van der Waals surface area (Å²) in [5.74, 6) is 1.31. The van der Waals surface area contributed by atoms with Crippen LogP contribution in [-0.4, -0.2) is 18.0 Å². The number of nitrogens with zero attached hydrogens (tertiary/aromatic N) is 1. The van der Waals surface area contributed by atoms with Gasteiger partial charge in [0.05, 0.1) is 12.7 Å². The molecule has 0 saturated heterocycles. The Morgan fingerprint density at radius 3 is 2.52 bits per heavy atom. The Kier molecular flexibility index (Phi) is 5.04. The summed E-state index contributed by atoms with van der Waals surface area (Å²) in [5, 5.41) is 2.89. The number of fused-ring (bicyclic) bond motifs is 1. The van der Waals surface area contributed by atoms with Crippen LogP contribution in [0, 0.1) is 0 Å². The van der Waals surface area contributed by atoms with Crippen LogP contribution in [0.3, 0.4) is 0 Å². The number of carbonyl (C=O) groups excluding carboxylic acids is 1. The zero-order chi connectivity index (χ0) is 20.4. The highest BCUT2D eigenvalue weighted by Crippen LogP contribution is 2.28. The fraction of sp³-hybridized carbons (Fsp3) is 0.167. The summed E-state index contributed by atoms with van der Waals surface area (Å²) in [4.78, 5) is 17.1. The number of amides is 1. The summed E-state index contributed by atoms with van der Waals surface area (Å²) in [5.41, 5.74) is 4.86. The van der Waals surface area contributed by atoms with Crippen molar-refractivity contribution >= 4 is 22.7 Å². The number of hydrogen-bond acceptors (Lipinski definition) is 4. The van der Waals surface area contributed by atoms with Crippen LogP contribution in [0.1, 0.15) is 35.7 Å². The minimum absolute atomic E-state index is 0.224. The number of methoxy groups -OCH3 is 1. The molecule has 5 nitrogen and oxygen atoms in total. The van der Waals surface area contributed by atoms with Gasteiger partial charge in [-0.3, -0.25) is 4.79 Å². The summed E-state index contributed by atoms with van der Waals surface area (Å²) in [7, 11) is 1.55. The molecule has 29 heavy (non-hydrogen) atoms. The van der Waals surface area contributed by atoms with Crippen LogP contribution < -0.4 is 10.1 Å². The van der Waals surface area contributed by atoms with Crippen LogP contribution in [-0.2, 0) is 0 Å². The lowest BCUT2D eigenvalue weighted by molar-refractivity contribution is 0.102. The van der Waals surface area contributed by atoms with Crippen molar-refractivity contribution in [1.82, 2.24) is 4.98 Å². The van der Waals surface area contributed by atoms with Crippen LogP contribution in [0.15, 0.2) is 71.1 Å². The van der Waals surface area contributed by atoms with E-state index in [9.17, 15) is 4.79 Å². The Balaban J connectivity index is 1.55. The van der Waals surface area contributed by atoms with E-state index >= 15 is 0 Å². The first-order chi connectivity index (χ1) is 14.0. The van der Waals surface area contributed by atoms with Gasteiger partial charge in [0.2, 0.25) is 5.89 Å². The Morgan fingerprint density at radius 1 is 1.03 bits per heavy atom. The fourth-order valence-corrected chi connectivity index (χ4v) is 3.15. The number of aromatic nitrogens is 1. The van der Waals surface area contributed by atoms with E-state index in [2.05, 4.69) is 36.3 Å². The Bertz CT molecular complexity index is 1160. The predicted molar refractivity (Wildman–Crippen MR) is 114 cm³/mol.